The Kier molecular flexibility index (Phi) is 4.27. The lowest BCUT2D eigenvalue weighted by atomic mass is 9.49. The van der Waals surface area contributed by atoms with Crippen LogP contribution in [-0.4, -0.2) is 28.8 Å². The van der Waals surface area contributed by atoms with Gasteiger partial charge in [0.05, 0.1) is 12.2 Å². The molecule has 0 aromatic carbocycles. The van der Waals surface area contributed by atoms with Gasteiger partial charge in [0.1, 0.15) is 0 Å². The van der Waals surface area contributed by atoms with E-state index < -0.39 is 0 Å². The maximum atomic E-state index is 4.77. The van der Waals surface area contributed by atoms with Crippen LogP contribution in [0.1, 0.15) is 51.1 Å². The van der Waals surface area contributed by atoms with Crippen LogP contribution >= 0.6 is 0 Å². The molecule has 4 saturated carbocycles. The Hall–Kier alpha value is -1.52. The van der Waals surface area contributed by atoms with Gasteiger partial charge in [0.15, 0.2) is 5.96 Å². The minimum absolute atomic E-state index is 0.539. The highest BCUT2D eigenvalue weighted by molar-refractivity contribution is 5.79. The minimum Gasteiger partial charge on any atom is -0.357 e. The summed E-state index contributed by atoms with van der Waals surface area (Å²) in [4.78, 5) is 4.77. The van der Waals surface area contributed by atoms with Gasteiger partial charge in [0, 0.05) is 26.3 Å². The highest BCUT2D eigenvalue weighted by Gasteiger charge is 2.50. The molecule has 1 aromatic rings. The van der Waals surface area contributed by atoms with Gasteiger partial charge < -0.3 is 10.6 Å². The Morgan fingerprint density at radius 3 is 2.42 bits per heavy atom. The second-order valence-electron chi connectivity index (χ2n) is 8.41. The third-order valence-electron chi connectivity index (χ3n) is 6.46. The topological polar surface area (TPSA) is 54.2 Å². The van der Waals surface area contributed by atoms with E-state index in [0.29, 0.717) is 12.0 Å². The zero-order valence-electron chi connectivity index (χ0n) is 15.1. The summed E-state index contributed by atoms with van der Waals surface area (Å²) in [7, 11) is 1.97. The smallest absolute Gasteiger partial charge is 0.191 e. The Morgan fingerprint density at radius 2 is 1.88 bits per heavy atom. The molecule has 0 unspecified atom stereocenters. The summed E-state index contributed by atoms with van der Waals surface area (Å²) in [6.07, 6.45) is 10.7. The van der Waals surface area contributed by atoms with Crippen molar-refractivity contribution in [3.63, 3.8) is 0 Å². The van der Waals surface area contributed by atoms with E-state index in [2.05, 4.69) is 22.7 Å². The maximum Gasteiger partial charge on any atom is 0.191 e. The monoisotopic (exact) mass is 329 g/mol. The van der Waals surface area contributed by atoms with Crippen LogP contribution in [0.5, 0.6) is 0 Å². The van der Waals surface area contributed by atoms with Gasteiger partial charge in [0.2, 0.25) is 0 Å². The van der Waals surface area contributed by atoms with Crippen LogP contribution in [-0.2, 0) is 13.6 Å². The molecule has 0 atom stereocenters. The molecule has 4 fully saturated rings. The minimum atomic E-state index is 0.539. The predicted octanol–water partition coefficient (Wildman–Crippen LogP) is 2.69. The number of aliphatic imine (C=N–C) groups is 1. The highest BCUT2D eigenvalue weighted by atomic mass is 15.3. The summed E-state index contributed by atoms with van der Waals surface area (Å²) in [6, 6.07) is 2.03. The van der Waals surface area contributed by atoms with Crippen molar-refractivity contribution in [2.45, 2.75) is 52.0 Å². The average molecular weight is 329 g/mol. The molecular formula is C19H31N5. The highest BCUT2D eigenvalue weighted by Crippen LogP contribution is 2.59. The lowest BCUT2D eigenvalue weighted by molar-refractivity contribution is -0.0492. The quantitative estimate of drug-likeness (QED) is 0.645. The first-order valence-corrected chi connectivity index (χ1v) is 9.65. The Morgan fingerprint density at radius 1 is 1.21 bits per heavy atom. The summed E-state index contributed by atoms with van der Waals surface area (Å²) in [5, 5.41) is 11.3. The van der Waals surface area contributed by atoms with Crippen molar-refractivity contribution in [3.05, 3.63) is 18.0 Å². The van der Waals surface area contributed by atoms with Crippen molar-refractivity contribution in [3.8, 4) is 0 Å². The fourth-order valence-electron chi connectivity index (χ4n) is 5.84. The second-order valence-corrected chi connectivity index (χ2v) is 8.41. The Balaban J connectivity index is 1.39. The number of guanidine groups is 1. The predicted molar refractivity (Wildman–Crippen MR) is 96.6 cm³/mol. The molecule has 132 valence electrons. The molecule has 5 heteroatoms. The van der Waals surface area contributed by atoms with Crippen molar-refractivity contribution in [2.24, 2.45) is 35.2 Å². The summed E-state index contributed by atoms with van der Waals surface area (Å²) >= 11 is 0. The SMILES string of the molecule is CCNC(=NCc1ccnn1C)NCC12CC3CC(CC(C3)C1)C2. The van der Waals surface area contributed by atoms with Gasteiger partial charge in [-0.25, -0.2) is 4.99 Å². The average Bonchev–Trinajstić information content (AvgIpc) is 2.94. The van der Waals surface area contributed by atoms with Crippen LogP contribution < -0.4 is 10.6 Å². The molecule has 0 aliphatic heterocycles. The Labute approximate surface area is 145 Å². The van der Waals surface area contributed by atoms with E-state index in [0.717, 1.165) is 42.5 Å². The van der Waals surface area contributed by atoms with E-state index in [9.17, 15) is 0 Å². The summed E-state index contributed by atoms with van der Waals surface area (Å²) in [5.74, 6) is 3.97. The van der Waals surface area contributed by atoms with E-state index in [4.69, 9.17) is 4.99 Å². The fraction of sp³-hybridized carbons (Fsp3) is 0.789. The van der Waals surface area contributed by atoms with Crippen molar-refractivity contribution in [1.29, 1.82) is 0 Å². The number of hydrogen-bond acceptors (Lipinski definition) is 2. The first-order valence-electron chi connectivity index (χ1n) is 9.65. The normalized spacial score (nSPS) is 34.6. The molecule has 4 aliphatic carbocycles. The molecule has 0 spiro atoms. The molecule has 1 aromatic heterocycles. The molecule has 0 amide bonds. The lowest BCUT2D eigenvalue weighted by Gasteiger charge is -2.57. The summed E-state index contributed by atoms with van der Waals surface area (Å²) in [6.45, 7) is 4.80. The lowest BCUT2D eigenvalue weighted by Crippen LogP contribution is -2.52. The van der Waals surface area contributed by atoms with E-state index in [1.165, 1.54) is 38.5 Å². The molecular weight excluding hydrogens is 298 g/mol. The fourth-order valence-corrected chi connectivity index (χ4v) is 5.84. The van der Waals surface area contributed by atoms with E-state index >= 15 is 0 Å². The molecule has 2 N–H and O–H groups in total. The second kappa shape index (κ2) is 6.41. The number of nitrogens with one attached hydrogen (secondary N) is 2. The van der Waals surface area contributed by atoms with Gasteiger partial charge in [-0.05, 0) is 74.7 Å². The van der Waals surface area contributed by atoms with Crippen LogP contribution in [0, 0.1) is 23.2 Å². The van der Waals surface area contributed by atoms with Crippen molar-refractivity contribution in [1.82, 2.24) is 20.4 Å². The number of aryl methyl sites for hydroxylation is 1. The molecule has 24 heavy (non-hydrogen) atoms. The zero-order valence-corrected chi connectivity index (χ0v) is 15.1. The number of hydrogen-bond donors (Lipinski definition) is 2. The molecule has 5 rings (SSSR count). The molecule has 1 heterocycles. The van der Waals surface area contributed by atoms with E-state index in [1.807, 2.05) is 24.0 Å². The van der Waals surface area contributed by atoms with Crippen LogP contribution in [0.2, 0.25) is 0 Å². The number of rotatable bonds is 5. The number of nitrogens with zero attached hydrogens (tertiary/aromatic N) is 3. The van der Waals surface area contributed by atoms with Crippen LogP contribution in [0.25, 0.3) is 0 Å². The molecule has 4 bridgehead atoms. The first kappa shape index (κ1) is 16.0. The van der Waals surface area contributed by atoms with Crippen LogP contribution in [0.15, 0.2) is 17.3 Å². The van der Waals surface area contributed by atoms with Gasteiger partial charge in [-0.1, -0.05) is 0 Å². The Bertz CT molecular complexity index is 567. The van der Waals surface area contributed by atoms with Crippen LogP contribution in [0.4, 0.5) is 0 Å². The van der Waals surface area contributed by atoms with Crippen LogP contribution in [0.3, 0.4) is 0 Å². The van der Waals surface area contributed by atoms with E-state index in [-0.39, 0.29) is 0 Å². The summed E-state index contributed by atoms with van der Waals surface area (Å²) in [5.41, 5.74) is 1.68. The van der Waals surface area contributed by atoms with Gasteiger partial charge in [-0.15, -0.1) is 0 Å². The van der Waals surface area contributed by atoms with E-state index in [1.54, 1.807) is 0 Å². The van der Waals surface area contributed by atoms with Crippen molar-refractivity contribution < 1.29 is 0 Å². The van der Waals surface area contributed by atoms with Gasteiger partial charge in [-0.3, -0.25) is 4.68 Å². The standard InChI is InChI=1S/C19H31N5/c1-3-20-18(21-12-17-4-5-23-24(17)2)22-13-19-9-14-6-15(10-19)8-16(7-14)11-19/h4-5,14-16H,3,6-13H2,1-2H3,(H2,20,21,22). The first-order chi connectivity index (χ1) is 11.7. The largest absolute Gasteiger partial charge is 0.357 e. The van der Waals surface area contributed by atoms with Crippen molar-refractivity contribution >= 4 is 5.96 Å². The number of aromatic nitrogens is 2. The zero-order chi connectivity index (χ0) is 16.6. The summed E-state index contributed by atoms with van der Waals surface area (Å²) < 4.78 is 1.89. The van der Waals surface area contributed by atoms with Crippen molar-refractivity contribution in [2.75, 3.05) is 13.1 Å². The molecule has 0 radical (unpaired) electrons. The third-order valence-corrected chi connectivity index (χ3v) is 6.46. The molecule has 0 saturated heterocycles. The molecule has 4 aliphatic rings. The van der Waals surface area contributed by atoms with Gasteiger partial charge in [-0.2, -0.15) is 5.10 Å². The van der Waals surface area contributed by atoms with Gasteiger partial charge >= 0.3 is 0 Å². The molecule has 5 nitrogen and oxygen atoms in total. The van der Waals surface area contributed by atoms with Gasteiger partial charge in [0.25, 0.3) is 0 Å². The maximum absolute atomic E-state index is 4.77. The third kappa shape index (κ3) is 3.17.